The molecule has 2 fully saturated rings. The summed E-state index contributed by atoms with van der Waals surface area (Å²) < 4.78 is 11.7. The summed E-state index contributed by atoms with van der Waals surface area (Å²) in [5.74, 6) is 0.0893. The molecule has 2 atom stereocenters. The standard InChI is InChI=1S/C30H29NO4/c1-19-10-12-20(13-11-19)29(32)21-14-22-16-34-17-23(15-21)31(22)30(33)35-18-28-26-8-4-2-6-24(26)25-7-3-5-9-27(25)28/h2-13,21-23,28H,14-18H2,1H3. The van der Waals surface area contributed by atoms with Gasteiger partial charge >= 0.3 is 6.09 Å². The van der Waals surface area contributed by atoms with Gasteiger partial charge in [0.15, 0.2) is 5.78 Å². The van der Waals surface area contributed by atoms with Gasteiger partial charge in [0.25, 0.3) is 0 Å². The molecule has 2 unspecified atom stereocenters. The average Bonchev–Trinajstić information content (AvgIpc) is 3.20. The molecule has 0 radical (unpaired) electrons. The highest BCUT2D eigenvalue weighted by Gasteiger charge is 2.45. The van der Waals surface area contributed by atoms with E-state index in [0.29, 0.717) is 32.7 Å². The largest absolute Gasteiger partial charge is 0.448 e. The first-order chi connectivity index (χ1) is 17.1. The number of aryl methyl sites for hydroxylation is 1. The fourth-order valence-corrected chi connectivity index (χ4v) is 6.05. The topological polar surface area (TPSA) is 55.8 Å². The minimum atomic E-state index is -0.300. The molecule has 1 amide bonds. The maximum Gasteiger partial charge on any atom is 0.410 e. The van der Waals surface area contributed by atoms with Gasteiger partial charge in [-0.3, -0.25) is 9.69 Å². The van der Waals surface area contributed by atoms with Crippen molar-refractivity contribution in [1.29, 1.82) is 0 Å². The fourth-order valence-electron chi connectivity index (χ4n) is 6.05. The van der Waals surface area contributed by atoms with Gasteiger partial charge in [0.1, 0.15) is 6.61 Å². The van der Waals surface area contributed by atoms with E-state index >= 15 is 0 Å². The van der Waals surface area contributed by atoms with E-state index in [9.17, 15) is 9.59 Å². The number of hydrogen-bond donors (Lipinski definition) is 0. The van der Waals surface area contributed by atoms with Gasteiger partial charge in [-0.2, -0.15) is 0 Å². The van der Waals surface area contributed by atoms with Gasteiger partial charge in [0.05, 0.1) is 25.3 Å². The number of piperidine rings is 1. The highest BCUT2D eigenvalue weighted by Crippen LogP contribution is 2.44. The molecule has 2 saturated heterocycles. The summed E-state index contributed by atoms with van der Waals surface area (Å²) in [4.78, 5) is 28.4. The summed E-state index contributed by atoms with van der Waals surface area (Å²) in [5, 5.41) is 0. The first-order valence-electron chi connectivity index (χ1n) is 12.4. The first-order valence-corrected chi connectivity index (χ1v) is 12.4. The van der Waals surface area contributed by atoms with Crippen molar-refractivity contribution in [2.75, 3.05) is 19.8 Å². The Hall–Kier alpha value is -3.44. The molecule has 35 heavy (non-hydrogen) atoms. The molecule has 3 aromatic rings. The molecule has 0 spiro atoms. The Bertz CT molecular complexity index is 1210. The van der Waals surface area contributed by atoms with Gasteiger partial charge in [0, 0.05) is 17.4 Å². The zero-order valence-electron chi connectivity index (χ0n) is 19.9. The number of rotatable bonds is 4. The number of ketones is 1. The van der Waals surface area contributed by atoms with E-state index in [2.05, 4.69) is 24.3 Å². The lowest BCUT2D eigenvalue weighted by Crippen LogP contribution is -2.60. The van der Waals surface area contributed by atoms with Crippen LogP contribution < -0.4 is 0 Å². The van der Waals surface area contributed by atoms with Gasteiger partial charge in [-0.15, -0.1) is 0 Å². The van der Waals surface area contributed by atoms with Crippen LogP contribution >= 0.6 is 0 Å². The lowest BCUT2D eigenvalue weighted by molar-refractivity contribution is -0.0747. The fraction of sp³-hybridized carbons (Fsp3) is 0.333. The van der Waals surface area contributed by atoms with Crippen LogP contribution in [0.1, 0.15) is 45.8 Å². The third-order valence-electron chi connectivity index (χ3n) is 7.77. The molecule has 3 aromatic carbocycles. The monoisotopic (exact) mass is 467 g/mol. The van der Waals surface area contributed by atoms with E-state index in [1.807, 2.05) is 60.4 Å². The Morgan fingerprint density at radius 1 is 0.857 bits per heavy atom. The van der Waals surface area contributed by atoms with E-state index in [4.69, 9.17) is 9.47 Å². The molecule has 0 N–H and O–H groups in total. The Kier molecular flexibility index (Phi) is 5.65. The Balaban J connectivity index is 1.16. The average molecular weight is 468 g/mol. The van der Waals surface area contributed by atoms with Crippen LogP contribution in [0.3, 0.4) is 0 Å². The number of nitrogens with zero attached hydrogens (tertiary/aromatic N) is 1. The van der Waals surface area contributed by atoms with Crippen LogP contribution in [0.4, 0.5) is 4.79 Å². The molecular weight excluding hydrogens is 438 g/mol. The molecule has 6 rings (SSSR count). The number of amides is 1. The van der Waals surface area contributed by atoms with Crippen LogP contribution in [-0.2, 0) is 9.47 Å². The molecule has 178 valence electrons. The molecule has 5 heteroatoms. The van der Waals surface area contributed by atoms with Crippen LogP contribution in [0, 0.1) is 12.8 Å². The number of carbonyl (C=O) groups is 2. The summed E-state index contributed by atoms with van der Waals surface area (Å²) in [5.41, 5.74) is 6.71. The number of hydrogen-bond acceptors (Lipinski definition) is 4. The Morgan fingerprint density at radius 3 is 2.03 bits per heavy atom. The number of ether oxygens (including phenoxy) is 2. The number of fused-ring (bicyclic) bond motifs is 5. The third-order valence-corrected chi connectivity index (χ3v) is 7.77. The van der Waals surface area contributed by atoms with Crippen molar-refractivity contribution in [3.8, 4) is 11.1 Å². The molecule has 2 bridgehead atoms. The van der Waals surface area contributed by atoms with Gasteiger partial charge in [-0.05, 0) is 42.0 Å². The maximum atomic E-state index is 13.3. The maximum absolute atomic E-state index is 13.3. The van der Waals surface area contributed by atoms with E-state index in [0.717, 1.165) is 11.1 Å². The number of benzene rings is 3. The van der Waals surface area contributed by atoms with Crippen LogP contribution in [-0.4, -0.2) is 48.7 Å². The quantitative estimate of drug-likeness (QED) is 0.468. The van der Waals surface area contributed by atoms with Gasteiger partial charge in [-0.25, -0.2) is 4.79 Å². The molecule has 2 aliphatic heterocycles. The lowest BCUT2D eigenvalue weighted by Gasteiger charge is -2.47. The van der Waals surface area contributed by atoms with Crippen LogP contribution in [0.2, 0.25) is 0 Å². The molecule has 2 heterocycles. The third kappa shape index (κ3) is 3.94. The van der Waals surface area contributed by atoms with Crippen molar-refractivity contribution in [3.63, 3.8) is 0 Å². The van der Waals surface area contributed by atoms with E-state index in [1.54, 1.807) is 0 Å². The Labute approximate surface area is 205 Å². The number of carbonyl (C=O) groups excluding carboxylic acids is 2. The second kappa shape index (κ2) is 8.97. The lowest BCUT2D eigenvalue weighted by atomic mass is 9.81. The summed E-state index contributed by atoms with van der Waals surface area (Å²) in [7, 11) is 0. The van der Waals surface area contributed by atoms with Crippen LogP contribution in [0.15, 0.2) is 72.8 Å². The minimum Gasteiger partial charge on any atom is -0.448 e. The highest BCUT2D eigenvalue weighted by molar-refractivity contribution is 5.98. The molecule has 0 aromatic heterocycles. The van der Waals surface area contributed by atoms with Crippen molar-refractivity contribution in [1.82, 2.24) is 4.90 Å². The molecule has 5 nitrogen and oxygen atoms in total. The summed E-state index contributed by atoms with van der Waals surface area (Å²) in [6, 6.07) is 24.2. The zero-order chi connectivity index (χ0) is 23.9. The number of morpholine rings is 1. The van der Waals surface area contributed by atoms with Gasteiger partial charge < -0.3 is 9.47 Å². The highest BCUT2D eigenvalue weighted by atomic mass is 16.6. The summed E-state index contributed by atoms with van der Waals surface area (Å²) in [6.45, 7) is 3.20. The van der Waals surface area contributed by atoms with E-state index < -0.39 is 0 Å². The SMILES string of the molecule is Cc1ccc(C(=O)C2CC3COCC(C2)N3C(=O)OCC2c3ccccc3-c3ccccc32)cc1. The van der Waals surface area contributed by atoms with Gasteiger partial charge in [0.2, 0.25) is 0 Å². The molecule has 1 aliphatic carbocycles. The second-order valence-electron chi connectivity index (χ2n) is 9.95. The van der Waals surface area contributed by atoms with Crippen molar-refractivity contribution in [2.45, 2.75) is 37.8 Å². The van der Waals surface area contributed by atoms with E-state index in [1.165, 1.54) is 22.3 Å². The number of Topliss-reactive ketones (excluding diaryl/α,β-unsaturated/α-hetero) is 1. The van der Waals surface area contributed by atoms with Crippen molar-refractivity contribution in [2.24, 2.45) is 5.92 Å². The summed E-state index contributed by atoms with van der Waals surface area (Å²) in [6.07, 6.45) is 0.910. The summed E-state index contributed by atoms with van der Waals surface area (Å²) >= 11 is 0. The minimum absolute atomic E-state index is 0.0306. The predicted octanol–water partition coefficient (Wildman–Crippen LogP) is 5.61. The van der Waals surface area contributed by atoms with E-state index in [-0.39, 0.29) is 35.8 Å². The van der Waals surface area contributed by atoms with Crippen molar-refractivity contribution < 1.29 is 19.1 Å². The smallest absolute Gasteiger partial charge is 0.410 e. The zero-order valence-corrected chi connectivity index (χ0v) is 19.9. The van der Waals surface area contributed by atoms with Crippen LogP contribution in [0.25, 0.3) is 11.1 Å². The molecule has 0 saturated carbocycles. The normalized spacial score (nSPS) is 22.9. The van der Waals surface area contributed by atoms with Gasteiger partial charge in [-0.1, -0.05) is 78.4 Å². The predicted molar refractivity (Wildman–Crippen MR) is 134 cm³/mol. The van der Waals surface area contributed by atoms with Crippen LogP contribution in [0.5, 0.6) is 0 Å². The first kappa shape index (κ1) is 22.1. The van der Waals surface area contributed by atoms with Crippen molar-refractivity contribution in [3.05, 3.63) is 95.1 Å². The second-order valence-corrected chi connectivity index (χ2v) is 9.95. The molecular formula is C30H29NO4. The Morgan fingerprint density at radius 2 is 1.43 bits per heavy atom. The van der Waals surface area contributed by atoms with Crippen molar-refractivity contribution >= 4 is 11.9 Å². The molecule has 3 aliphatic rings.